The molecule has 0 radical (unpaired) electrons. The van der Waals surface area contributed by atoms with Gasteiger partial charge in [-0.15, -0.1) is 0 Å². The van der Waals surface area contributed by atoms with E-state index in [1.165, 1.54) is 4.90 Å². The Morgan fingerprint density at radius 2 is 1.91 bits per heavy atom. The molecule has 0 unspecified atom stereocenters. The first-order chi connectivity index (χ1) is 10.6. The third-order valence-electron chi connectivity index (χ3n) is 4.43. The number of benzene rings is 1. The Bertz CT molecular complexity index is 602. The largest absolute Gasteiger partial charge is 0.369 e. The maximum Gasteiger partial charge on any atom is 0.251 e. The number of imide groups is 1. The molecular formula is C16H19N3O3. The number of carbonyl (C=O) groups excluding carboxylic acids is 3. The van der Waals surface area contributed by atoms with Crippen molar-refractivity contribution in [3.05, 3.63) is 30.3 Å². The van der Waals surface area contributed by atoms with E-state index < -0.39 is 6.04 Å². The predicted molar refractivity (Wildman–Crippen MR) is 80.8 cm³/mol. The lowest BCUT2D eigenvalue weighted by Gasteiger charge is -2.34. The van der Waals surface area contributed by atoms with Gasteiger partial charge in [0.1, 0.15) is 0 Å². The minimum Gasteiger partial charge on any atom is -0.369 e. The molecular weight excluding hydrogens is 282 g/mol. The number of hydrogen-bond acceptors (Lipinski definition) is 4. The number of piperidine rings is 1. The molecule has 116 valence electrons. The first-order valence-electron chi connectivity index (χ1n) is 7.53. The zero-order valence-corrected chi connectivity index (χ0v) is 12.3. The van der Waals surface area contributed by atoms with Gasteiger partial charge in [-0.1, -0.05) is 18.2 Å². The first-order valence-corrected chi connectivity index (χ1v) is 7.53. The Labute approximate surface area is 128 Å². The molecule has 2 fully saturated rings. The van der Waals surface area contributed by atoms with E-state index in [2.05, 4.69) is 0 Å². The monoisotopic (exact) mass is 301 g/mol. The van der Waals surface area contributed by atoms with Gasteiger partial charge in [0.2, 0.25) is 11.8 Å². The fraction of sp³-hybridized carbons (Fsp3) is 0.438. The molecule has 2 atom stereocenters. The van der Waals surface area contributed by atoms with Crippen LogP contribution in [0.15, 0.2) is 30.3 Å². The second-order valence-electron chi connectivity index (χ2n) is 5.86. The van der Waals surface area contributed by atoms with Crippen LogP contribution in [0.2, 0.25) is 0 Å². The lowest BCUT2D eigenvalue weighted by atomic mass is 9.96. The summed E-state index contributed by atoms with van der Waals surface area (Å²) in [4.78, 5) is 39.4. The Balaban J connectivity index is 1.78. The summed E-state index contributed by atoms with van der Waals surface area (Å²) < 4.78 is 0. The zero-order chi connectivity index (χ0) is 15.7. The van der Waals surface area contributed by atoms with Crippen LogP contribution < -0.4 is 10.6 Å². The summed E-state index contributed by atoms with van der Waals surface area (Å²) in [6, 6.07) is 8.46. The molecule has 2 saturated heterocycles. The summed E-state index contributed by atoms with van der Waals surface area (Å²) in [6.07, 6.45) is 1.74. The number of hydrogen-bond donors (Lipinski definition) is 1. The Morgan fingerprint density at radius 3 is 2.59 bits per heavy atom. The number of nitrogens with zero attached hydrogens (tertiary/aromatic N) is 2. The van der Waals surface area contributed by atoms with Gasteiger partial charge < -0.3 is 5.73 Å². The van der Waals surface area contributed by atoms with Crippen molar-refractivity contribution in [3.8, 4) is 0 Å². The van der Waals surface area contributed by atoms with Crippen LogP contribution in [0.25, 0.3) is 0 Å². The van der Waals surface area contributed by atoms with E-state index in [9.17, 15) is 14.4 Å². The maximum absolute atomic E-state index is 12.6. The topological polar surface area (TPSA) is 83.7 Å². The smallest absolute Gasteiger partial charge is 0.251 e. The van der Waals surface area contributed by atoms with Crippen molar-refractivity contribution < 1.29 is 14.4 Å². The third kappa shape index (κ3) is 2.62. The van der Waals surface area contributed by atoms with E-state index in [1.54, 1.807) is 24.3 Å². The summed E-state index contributed by atoms with van der Waals surface area (Å²) >= 11 is 0. The molecule has 22 heavy (non-hydrogen) atoms. The molecule has 3 amide bonds. The first kappa shape index (κ1) is 14.7. The molecule has 6 heteroatoms. The third-order valence-corrected chi connectivity index (χ3v) is 4.43. The number of primary amides is 1. The van der Waals surface area contributed by atoms with Crippen molar-refractivity contribution in [2.75, 3.05) is 18.0 Å². The standard InChI is InChI=1S/C16H19N3O3/c17-15(21)11-5-4-8-18(10-11)13-9-14(20)19(16(13)22)12-6-2-1-3-7-12/h1-3,6-7,11,13H,4-5,8-10H2,(H2,17,21)/t11-,13-/m0/s1. The zero-order valence-electron chi connectivity index (χ0n) is 12.3. The summed E-state index contributed by atoms with van der Waals surface area (Å²) in [6.45, 7) is 1.18. The van der Waals surface area contributed by atoms with Crippen LogP contribution in [0.1, 0.15) is 19.3 Å². The molecule has 0 aromatic heterocycles. The van der Waals surface area contributed by atoms with E-state index in [0.29, 0.717) is 12.2 Å². The lowest BCUT2D eigenvalue weighted by molar-refractivity contribution is -0.127. The minimum absolute atomic E-state index is 0.166. The van der Waals surface area contributed by atoms with Crippen LogP contribution in [0.3, 0.4) is 0 Å². The van der Waals surface area contributed by atoms with Crippen molar-refractivity contribution in [1.82, 2.24) is 4.90 Å². The van der Waals surface area contributed by atoms with Crippen LogP contribution in [0.4, 0.5) is 5.69 Å². The van der Waals surface area contributed by atoms with Crippen LogP contribution in [-0.2, 0) is 14.4 Å². The van der Waals surface area contributed by atoms with E-state index in [-0.39, 0.29) is 30.1 Å². The van der Waals surface area contributed by atoms with Crippen LogP contribution in [-0.4, -0.2) is 41.8 Å². The van der Waals surface area contributed by atoms with Crippen LogP contribution >= 0.6 is 0 Å². The van der Waals surface area contributed by atoms with Gasteiger partial charge in [-0.25, -0.2) is 4.90 Å². The second kappa shape index (κ2) is 5.88. The normalized spacial score (nSPS) is 26.5. The Kier molecular flexibility index (Phi) is 3.94. The summed E-state index contributed by atoms with van der Waals surface area (Å²) in [5.41, 5.74) is 5.98. The number of amides is 3. The summed E-state index contributed by atoms with van der Waals surface area (Å²) in [5, 5.41) is 0. The Hall–Kier alpha value is -2.21. The van der Waals surface area contributed by atoms with Crippen molar-refractivity contribution in [2.45, 2.75) is 25.3 Å². The number of para-hydroxylation sites is 1. The minimum atomic E-state index is -0.477. The molecule has 1 aromatic carbocycles. The molecule has 1 aromatic rings. The molecule has 0 aliphatic carbocycles. The molecule has 0 bridgehead atoms. The molecule has 2 aliphatic rings. The molecule has 2 N–H and O–H groups in total. The average Bonchev–Trinajstić information content (AvgIpc) is 2.83. The molecule has 2 aliphatic heterocycles. The molecule has 6 nitrogen and oxygen atoms in total. The van der Waals surface area contributed by atoms with Gasteiger partial charge >= 0.3 is 0 Å². The molecule has 0 spiro atoms. The van der Waals surface area contributed by atoms with Crippen molar-refractivity contribution in [3.63, 3.8) is 0 Å². The molecule has 3 rings (SSSR count). The second-order valence-corrected chi connectivity index (χ2v) is 5.86. The highest BCUT2D eigenvalue weighted by atomic mass is 16.2. The number of nitrogens with two attached hydrogens (primary N) is 1. The summed E-state index contributed by atoms with van der Waals surface area (Å²) in [7, 11) is 0. The predicted octanol–water partition coefficient (Wildman–Crippen LogP) is 0.516. The van der Waals surface area contributed by atoms with Crippen molar-refractivity contribution in [1.29, 1.82) is 0 Å². The van der Waals surface area contributed by atoms with E-state index in [1.807, 2.05) is 11.0 Å². The highest BCUT2D eigenvalue weighted by Crippen LogP contribution is 2.28. The van der Waals surface area contributed by atoms with Gasteiger partial charge in [0.05, 0.1) is 24.1 Å². The number of rotatable bonds is 3. The Morgan fingerprint density at radius 1 is 1.18 bits per heavy atom. The highest BCUT2D eigenvalue weighted by Gasteiger charge is 2.44. The molecule has 0 saturated carbocycles. The fourth-order valence-corrected chi connectivity index (χ4v) is 3.27. The van der Waals surface area contributed by atoms with Gasteiger partial charge in [-0.05, 0) is 31.5 Å². The molecule has 2 heterocycles. The number of likely N-dealkylation sites (tertiary alicyclic amines) is 1. The van der Waals surface area contributed by atoms with Crippen molar-refractivity contribution >= 4 is 23.4 Å². The highest BCUT2D eigenvalue weighted by molar-refractivity contribution is 6.22. The van der Waals surface area contributed by atoms with Crippen LogP contribution in [0.5, 0.6) is 0 Å². The van der Waals surface area contributed by atoms with E-state index >= 15 is 0 Å². The van der Waals surface area contributed by atoms with Gasteiger partial charge in [0.25, 0.3) is 5.91 Å². The summed E-state index contributed by atoms with van der Waals surface area (Å²) in [5.74, 6) is -0.965. The maximum atomic E-state index is 12.6. The van der Waals surface area contributed by atoms with Gasteiger partial charge in [-0.2, -0.15) is 0 Å². The van der Waals surface area contributed by atoms with Crippen LogP contribution in [0, 0.1) is 5.92 Å². The quantitative estimate of drug-likeness (QED) is 0.825. The van der Waals surface area contributed by atoms with Gasteiger partial charge in [-0.3, -0.25) is 19.3 Å². The fourth-order valence-electron chi connectivity index (χ4n) is 3.27. The van der Waals surface area contributed by atoms with Gasteiger partial charge in [0, 0.05) is 6.54 Å². The van der Waals surface area contributed by atoms with Gasteiger partial charge in [0.15, 0.2) is 0 Å². The number of carbonyl (C=O) groups is 3. The lowest BCUT2D eigenvalue weighted by Crippen LogP contribution is -2.49. The number of anilines is 1. The van der Waals surface area contributed by atoms with Crippen molar-refractivity contribution in [2.24, 2.45) is 11.7 Å². The van der Waals surface area contributed by atoms with E-state index in [4.69, 9.17) is 5.73 Å². The average molecular weight is 301 g/mol. The SMILES string of the molecule is NC(=O)[C@H]1CCCN([C@H]2CC(=O)N(c3ccccc3)C2=O)C1. The van der Waals surface area contributed by atoms with E-state index in [0.717, 1.165) is 19.4 Å².